The van der Waals surface area contributed by atoms with E-state index in [9.17, 15) is 13.2 Å². The number of carbonyl (C=O) groups excluding carboxylic acids is 1. The monoisotopic (exact) mass is 382 g/mol. The molecule has 1 aliphatic rings. The van der Waals surface area contributed by atoms with Crippen LogP contribution in [0.4, 0.5) is 0 Å². The maximum absolute atomic E-state index is 13.0. The summed E-state index contributed by atoms with van der Waals surface area (Å²) >= 11 is 0. The van der Waals surface area contributed by atoms with Crippen LogP contribution >= 0.6 is 0 Å². The topological polar surface area (TPSA) is 75.7 Å². The van der Waals surface area contributed by atoms with E-state index in [1.807, 2.05) is 20.8 Å². The third-order valence-electron chi connectivity index (χ3n) is 5.15. The lowest BCUT2D eigenvalue weighted by Gasteiger charge is -2.29. The number of rotatable bonds is 6. The number of nitrogens with one attached hydrogen (secondary N) is 1. The number of hydrogen-bond acceptors (Lipinski definition) is 4. The van der Waals surface area contributed by atoms with E-state index in [4.69, 9.17) is 4.74 Å². The zero-order valence-electron chi connectivity index (χ0n) is 16.3. The van der Waals surface area contributed by atoms with Crippen molar-refractivity contribution in [1.29, 1.82) is 0 Å². The van der Waals surface area contributed by atoms with Gasteiger partial charge in [0.25, 0.3) is 5.91 Å². The molecule has 0 aliphatic carbocycles. The predicted octanol–water partition coefficient (Wildman–Crippen LogP) is 2.89. The van der Waals surface area contributed by atoms with Crippen LogP contribution in [0.3, 0.4) is 0 Å². The molecule has 6 nitrogen and oxygen atoms in total. The Morgan fingerprint density at radius 1 is 1.23 bits per heavy atom. The molecule has 0 unspecified atom stereocenters. The van der Waals surface area contributed by atoms with Crippen LogP contribution in [0, 0.1) is 11.8 Å². The maximum Gasteiger partial charge on any atom is 0.255 e. The van der Waals surface area contributed by atoms with Crippen LogP contribution < -0.4 is 10.1 Å². The van der Waals surface area contributed by atoms with E-state index >= 15 is 0 Å². The van der Waals surface area contributed by atoms with Crippen LogP contribution in [-0.2, 0) is 10.0 Å². The second kappa shape index (κ2) is 8.39. The highest BCUT2D eigenvalue weighted by Crippen LogP contribution is 2.27. The predicted molar refractivity (Wildman–Crippen MR) is 102 cm³/mol. The lowest BCUT2D eigenvalue weighted by atomic mass is 10.0. The third-order valence-corrected chi connectivity index (χ3v) is 7.05. The summed E-state index contributed by atoms with van der Waals surface area (Å²) < 4.78 is 32.7. The number of methoxy groups -OCH3 is 1. The first-order valence-corrected chi connectivity index (χ1v) is 10.6. The number of benzene rings is 1. The summed E-state index contributed by atoms with van der Waals surface area (Å²) in [6, 6.07) is 4.45. The van der Waals surface area contributed by atoms with Gasteiger partial charge in [0.05, 0.1) is 17.6 Å². The average Bonchev–Trinajstić information content (AvgIpc) is 2.61. The number of carbonyl (C=O) groups is 1. The van der Waals surface area contributed by atoms with Crippen LogP contribution in [-0.4, -0.2) is 44.9 Å². The van der Waals surface area contributed by atoms with Gasteiger partial charge in [-0.15, -0.1) is 0 Å². The van der Waals surface area contributed by atoms with Gasteiger partial charge in [-0.05, 0) is 49.8 Å². The zero-order valence-corrected chi connectivity index (χ0v) is 17.1. The molecule has 0 saturated carbocycles. The van der Waals surface area contributed by atoms with Gasteiger partial charge < -0.3 is 10.1 Å². The Labute approximate surface area is 157 Å². The van der Waals surface area contributed by atoms with Crippen LogP contribution in [0.5, 0.6) is 5.75 Å². The van der Waals surface area contributed by atoms with Crippen molar-refractivity contribution < 1.29 is 17.9 Å². The Bertz CT molecular complexity index is 738. The fraction of sp³-hybridized carbons (Fsp3) is 0.632. The highest BCUT2D eigenvalue weighted by molar-refractivity contribution is 7.89. The molecule has 0 aromatic heterocycles. The molecule has 26 heavy (non-hydrogen) atoms. The van der Waals surface area contributed by atoms with Gasteiger partial charge in [0.1, 0.15) is 5.75 Å². The first-order chi connectivity index (χ1) is 12.2. The van der Waals surface area contributed by atoms with E-state index in [0.29, 0.717) is 24.8 Å². The summed E-state index contributed by atoms with van der Waals surface area (Å²) in [5.74, 6) is 0.848. The van der Waals surface area contributed by atoms with E-state index in [-0.39, 0.29) is 28.3 Å². The SMILES string of the molecule is COc1ccc(S(=O)(=O)N2CCC(C)CC2)cc1C(=O)N[C@@H](C)C(C)C. The molecule has 2 rings (SSSR count). The zero-order chi connectivity index (χ0) is 19.5. The molecule has 1 amide bonds. The van der Waals surface area contributed by atoms with Crippen molar-refractivity contribution in [3.05, 3.63) is 23.8 Å². The summed E-state index contributed by atoms with van der Waals surface area (Å²) in [7, 11) is -2.14. The van der Waals surface area contributed by atoms with Crippen molar-refractivity contribution in [3.63, 3.8) is 0 Å². The summed E-state index contributed by atoms with van der Waals surface area (Å²) in [6.07, 6.45) is 1.71. The van der Waals surface area contributed by atoms with E-state index in [2.05, 4.69) is 12.2 Å². The number of nitrogens with zero attached hydrogens (tertiary/aromatic N) is 1. The molecule has 1 aromatic rings. The van der Waals surface area contributed by atoms with E-state index < -0.39 is 10.0 Å². The second-order valence-corrected chi connectivity index (χ2v) is 9.39. The van der Waals surface area contributed by atoms with Crippen LogP contribution in [0.1, 0.15) is 50.9 Å². The van der Waals surface area contributed by atoms with E-state index in [1.165, 1.54) is 23.5 Å². The van der Waals surface area contributed by atoms with Crippen molar-refractivity contribution in [3.8, 4) is 5.75 Å². The molecule has 1 heterocycles. The molecular weight excluding hydrogens is 352 g/mol. The molecule has 1 saturated heterocycles. The Kier molecular flexibility index (Phi) is 6.69. The molecule has 146 valence electrons. The molecule has 1 atom stereocenters. The first-order valence-electron chi connectivity index (χ1n) is 9.15. The molecule has 0 radical (unpaired) electrons. The molecule has 1 N–H and O–H groups in total. The normalized spacial score (nSPS) is 17.9. The van der Waals surface area contributed by atoms with Gasteiger partial charge in [-0.25, -0.2) is 8.42 Å². The van der Waals surface area contributed by atoms with Crippen molar-refractivity contribution in [2.45, 2.75) is 51.5 Å². The van der Waals surface area contributed by atoms with Gasteiger partial charge in [-0.2, -0.15) is 4.31 Å². The fourth-order valence-electron chi connectivity index (χ4n) is 2.85. The Morgan fingerprint density at radius 3 is 2.38 bits per heavy atom. The maximum atomic E-state index is 13.0. The Balaban J connectivity index is 2.32. The van der Waals surface area contributed by atoms with Crippen LogP contribution in [0.2, 0.25) is 0 Å². The summed E-state index contributed by atoms with van der Waals surface area (Å²) in [4.78, 5) is 12.8. The van der Waals surface area contributed by atoms with Crippen molar-refractivity contribution in [2.75, 3.05) is 20.2 Å². The minimum Gasteiger partial charge on any atom is -0.496 e. The molecule has 7 heteroatoms. The largest absolute Gasteiger partial charge is 0.496 e. The molecule has 1 fully saturated rings. The number of sulfonamides is 1. The fourth-order valence-corrected chi connectivity index (χ4v) is 4.35. The van der Waals surface area contributed by atoms with Crippen molar-refractivity contribution in [1.82, 2.24) is 9.62 Å². The van der Waals surface area contributed by atoms with Crippen LogP contribution in [0.15, 0.2) is 23.1 Å². The highest BCUT2D eigenvalue weighted by Gasteiger charge is 2.29. The number of hydrogen-bond donors (Lipinski definition) is 1. The molecule has 0 bridgehead atoms. The molecule has 1 aromatic carbocycles. The van der Waals surface area contributed by atoms with Gasteiger partial charge in [-0.3, -0.25) is 4.79 Å². The summed E-state index contributed by atoms with van der Waals surface area (Å²) in [5, 5.41) is 2.91. The molecule has 1 aliphatic heterocycles. The van der Waals surface area contributed by atoms with E-state index in [0.717, 1.165) is 12.8 Å². The number of ether oxygens (including phenoxy) is 1. The standard InChI is InChI=1S/C19H30N2O4S/c1-13(2)15(4)20-19(22)17-12-16(6-7-18(17)25-5)26(23,24)21-10-8-14(3)9-11-21/h6-7,12-15H,8-11H2,1-5H3,(H,20,22)/t15-/m0/s1. The van der Waals surface area contributed by atoms with Crippen molar-refractivity contribution in [2.24, 2.45) is 11.8 Å². The Morgan fingerprint density at radius 2 is 1.85 bits per heavy atom. The first kappa shape index (κ1) is 20.7. The quantitative estimate of drug-likeness (QED) is 0.821. The summed E-state index contributed by atoms with van der Waals surface area (Å²) in [5.41, 5.74) is 0.242. The van der Waals surface area contributed by atoms with Gasteiger partial charge in [0.2, 0.25) is 10.0 Å². The lowest BCUT2D eigenvalue weighted by Crippen LogP contribution is -2.38. The number of amides is 1. The highest BCUT2D eigenvalue weighted by atomic mass is 32.2. The van der Waals surface area contributed by atoms with Gasteiger partial charge in [0.15, 0.2) is 0 Å². The number of piperidine rings is 1. The Hall–Kier alpha value is -1.60. The van der Waals surface area contributed by atoms with Crippen LogP contribution in [0.25, 0.3) is 0 Å². The molecule has 0 spiro atoms. The van der Waals surface area contributed by atoms with Gasteiger partial charge in [-0.1, -0.05) is 20.8 Å². The minimum atomic E-state index is -3.61. The second-order valence-electron chi connectivity index (χ2n) is 7.45. The van der Waals surface area contributed by atoms with Gasteiger partial charge >= 0.3 is 0 Å². The lowest BCUT2D eigenvalue weighted by molar-refractivity contribution is 0.0927. The van der Waals surface area contributed by atoms with Crippen molar-refractivity contribution >= 4 is 15.9 Å². The minimum absolute atomic E-state index is 0.0314. The third kappa shape index (κ3) is 4.57. The summed E-state index contributed by atoms with van der Waals surface area (Å²) in [6.45, 7) is 9.11. The smallest absolute Gasteiger partial charge is 0.255 e. The van der Waals surface area contributed by atoms with Gasteiger partial charge in [0, 0.05) is 19.1 Å². The van der Waals surface area contributed by atoms with E-state index in [1.54, 1.807) is 6.07 Å². The molecular formula is C19H30N2O4S. The average molecular weight is 383 g/mol.